The molecule has 2 aromatic carbocycles. The summed E-state index contributed by atoms with van der Waals surface area (Å²) < 4.78 is 32.4. The zero-order valence-electron chi connectivity index (χ0n) is 18.7. The van der Waals surface area contributed by atoms with Gasteiger partial charge in [0.15, 0.2) is 0 Å². The number of rotatable bonds is 2. The summed E-state index contributed by atoms with van der Waals surface area (Å²) in [5, 5.41) is 0.793. The number of pyridine rings is 1. The number of piperidine rings is 1. The van der Waals surface area contributed by atoms with Gasteiger partial charge in [-0.15, -0.1) is 0 Å². The van der Waals surface area contributed by atoms with Crippen LogP contribution in [0.1, 0.15) is 39.1 Å². The van der Waals surface area contributed by atoms with Crippen molar-refractivity contribution < 1.29 is 23.1 Å². The third-order valence-corrected chi connectivity index (χ3v) is 7.43. The van der Waals surface area contributed by atoms with Crippen LogP contribution < -0.4 is 0 Å². The fourth-order valence-corrected chi connectivity index (χ4v) is 5.21. The normalized spacial score (nSPS) is 20.5. The van der Waals surface area contributed by atoms with Crippen molar-refractivity contribution in [2.24, 2.45) is 0 Å². The molecule has 3 aromatic rings. The molecule has 0 atom stereocenters. The van der Waals surface area contributed by atoms with Crippen LogP contribution >= 0.6 is 0 Å². The zero-order valence-corrected chi connectivity index (χ0v) is 18.7. The molecule has 1 aromatic heterocycles. The van der Waals surface area contributed by atoms with Gasteiger partial charge in [-0.1, -0.05) is 24.3 Å². The van der Waals surface area contributed by atoms with Crippen molar-refractivity contribution in [3.63, 3.8) is 0 Å². The van der Waals surface area contributed by atoms with Gasteiger partial charge in [0.2, 0.25) is 0 Å². The fraction of sp³-hybridized carbons (Fsp3) is 0.346. The molecule has 8 heteroatoms. The minimum Gasteiger partial charge on any atom is -0.376 e. The molecule has 0 aliphatic carbocycles. The number of hydrogen-bond donors (Lipinski definition) is 0. The van der Waals surface area contributed by atoms with E-state index in [-0.39, 0.29) is 37.7 Å². The van der Waals surface area contributed by atoms with Crippen molar-refractivity contribution in [3.05, 3.63) is 65.4 Å². The maximum Gasteiger partial charge on any atom is 0.255 e. The summed E-state index contributed by atoms with van der Waals surface area (Å²) in [5.74, 6) is -2.98. The van der Waals surface area contributed by atoms with Gasteiger partial charge in [-0.25, -0.2) is 8.78 Å². The number of likely N-dealkylation sites (N-methyl/N-ethyl adjacent to an activating group) is 1. The number of ether oxygens (including phenoxy) is 1. The molecule has 2 fully saturated rings. The van der Waals surface area contributed by atoms with E-state index in [0.29, 0.717) is 24.3 Å². The topological polar surface area (TPSA) is 62.7 Å². The van der Waals surface area contributed by atoms with Crippen molar-refractivity contribution in [1.29, 1.82) is 0 Å². The highest BCUT2D eigenvalue weighted by molar-refractivity contribution is 6.03. The number of carbonyl (C=O) groups excluding carboxylic acids is 2. The number of aromatic nitrogens is 1. The minimum absolute atomic E-state index is 0.000441. The molecule has 174 valence electrons. The van der Waals surface area contributed by atoms with Crippen LogP contribution in [0.2, 0.25) is 0 Å². The molecule has 4 heterocycles. The van der Waals surface area contributed by atoms with Crippen molar-refractivity contribution >= 4 is 22.7 Å². The Hall–Kier alpha value is -3.39. The third kappa shape index (κ3) is 3.05. The van der Waals surface area contributed by atoms with Crippen LogP contribution in [0.25, 0.3) is 22.0 Å². The smallest absolute Gasteiger partial charge is 0.255 e. The molecule has 0 N–H and O–H groups in total. The Labute approximate surface area is 195 Å². The number of alkyl halides is 2. The number of carbonyl (C=O) groups is 2. The summed E-state index contributed by atoms with van der Waals surface area (Å²) in [6.07, 6.45) is 0.895. The Morgan fingerprint density at radius 2 is 1.82 bits per heavy atom. The predicted molar refractivity (Wildman–Crippen MR) is 122 cm³/mol. The molecule has 3 aliphatic heterocycles. The summed E-state index contributed by atoms with van der Waals surface area (Å²) in [6, 6.07) is 13.4. The first-order chi connectivity index (χ1) is 16.3. The summed E-state index contributed by atoms with van der Waals surface area (Å²) in [5.41, 5.74) is 4.21. The minimum atomic E-state index is -2.70. The van der Waals surface area contributed by atoms with E-state index < -0.39 is 11.5 Å². The fourth-order valence-electron chi connectivity index (χ4n) is 5.21. The number of nitrogens with zero attached hydrogens (tertiary/aromatic N) is 3. The van der Waals surface area contributed by atoms with Crippen LogP contribution in [-0.4, -0.2) is 65.9 Å². The molecule has 2 amide bonds. The summed E-state index contributed by atoms with van der Waals surface area (Å²) >= 11 is 0. The number of halogens is 2. The van der Waals surface area contributed by atoms with Crippen LogP contribution in [0.5, 0.6) is 0 Å². The van der Waals surface area contributed by atoms with Gasteiger partial charge in [-0.3, -0.25) is 14.6 Å². The highest BCUT2D eigenvalue weighted by Crippen LogP contribution is 2.45. The quantitative estimate of drug-likeness (QED) is 0.575. The van der Waals surface area contributed by atoms with Crippen LogP contribution in [-0.2, 0) is 10.3 Å². The maximum absolute atomic E-state index is 13.5. The van der Waals surface area contributed by atoms with Crippen molar-refractivity contribution in [2.75, 3.05) is 33.4 Å². The molecule has 3 aliphatic rings. The average molecular weight is 463 g/mol. The maximum atomic E-state index is 13.5. The number of para-hydroxylation sites is 1. The molecular formula is C26H23F2N3O3. The molecule has 0 bridgehead atoms. The van der Waals surface area contributed by atoms with Crippen molar-refractivity contribution in [3.8, 4) is 11.1 Å². The standard InChI is InChI=1S/C26H23F2N3O3/c1-30-24(33)20-6-5-16(12-21(20)25(30)14-34-15-25)19-4-2-3-17-11-18(13-29-22(17)19)23(32)31-9-7-26(27,28)8-10-31/h2-6,11-13H,7-10,14-15H2,1H3. The Morgan fingerprint density at radius 3 is 2.53 bits per heavy atom. The van der Waals surface area contributed by atoms with E-state index in [1.807, 2.05) is 43.4 Å². The van der Waals surface area contributed by atoms with Crippen molar-refractivity contribution in [1.82, 2.24) is 14.8 Å². The Morgan fingerprint density at radius 1 is 1.06 bits per heavy atom. The number of likely N-dealkylation sites (tertiary alicyclic amines) is 1. The van der Waals surface area contributed by atoms with Crippen LogP contribution in [0.3, 0.4) is 0 Å². The lowest BCUT2D eigenvalue weighted by Crippen LogP contribution is -2.55. The average Bonchev–Trinajstić information content (AvgIpc) is 3.04. The molecule has 6 rings (SSSR count). The molecule has 0 unspecified atom stereocenters. The Bertz CT molecular complexity index is 1340. The van der Waals surface area contributed by atoms with Gasteiger partial charge in [0.05, 0.1) is 24.3 Å². The monoisotopic (exact) mass is 463 g/mol. The first kappa shape index (κ1) is 21.2. The lowest BCUT2D eigenvalue weighted by atomic mass is 9.86. The van der Waals surface area contributed by atoms with E-state index in [4.69, 9.17) is 4.74 Å². The number of fused-ring (bicyclic) bond motifs is 3. The second-order valence-electron chi connectivity index (χ2n) is 9.40. The van der Waals surface area contributed by atoms with E-state index in [1.54, 1.807) is 11.0 Å². The second-order valence-corrected chi connectivity index (χ2v) is 9.40. The van der Waals surface area contributed by atoms with Gasteiger partial charge in [0.25, 0.3) is 17.7 Å². The van der Waals surface area contributed by atoms with Gasteiger partial charge < -0.3 is 14.5 Å². The lowest BCUT2D eigenvalue weighted by molar-refractivity contribution is -0.117. The van der Waals surface area contributed by atoms with E-state index in [2.05, 4.69) is 4.98 Å². The molecule has 0 radical (unpaired) electrons. The van der Waals surface area contributed by atoms with Crippen LogP contribution in [0, 0.1) is 0 Å². The molecular weight excluding hydrogens is 440 g/mol. The first-order valence-electron chi connectivity index (χ1n) is 11.4. The summed E-state index contributed by atoms with van der Waals surface area (Å²) in [7, 11) is 1.81. The van der Waals surface area contributed by atoms with Crippen LogP contribution in [0.15, 0.2) is 48.7 Å². The van der Waals surface area contributed by atoms with Crippen molar-refractivity contribution in [2.45, 2.75) is 24.3 Å². The Kier molecular flexibility index (Phi) is 4.55. The number of amides is 2. The van der Waals surface area contributed by atoms with E-state index >= 15 is 0 Å². The second kappa shape index (κ2) is 7.30. The SMILES string of the molecule is CN1C(=O)c2ccc(-c3cccc4cc(C(=O)N5CCC(F)(F)CC5)cnc34)cc2C12COC2. The largest absolute Gasteiger partial charge is 0.376 e. The molecule has 34 heavy (non-hydrogen) atoms. The van der Waals surface area contributed by atoms with Gasteiger partial charge in [-0.2, -0.15) is 0 Å². The summed E-state index contributed by atoms with van der Waals surface area (Å²) in [6.45, 7) is 1.04. The first-order valence-corrected chi connectivity index (χ1v) is 11.4. The summed E-state index contributed by atoms with van der Waals surface area (Å²) in [4.78, 5) is 33.4. The molecule has 1 spiro atoms. The van der Waals surface area contributed by atoms with Crippen LogP contribution in [0.4, 0.5) is 8.78 Å². The highest BCUT2D eigenvalue weighted by Gasteiger charge is 2.53. The zero-order chi connectivity index (χ0) is 23.7. The third-order valence-electron chi connectivity index (χ3n) is 7.43. The number of benzene rings is 2. The van der Waals surface area contributed by atoms with E-state index in [9.17, 15) is 18.4 Å². The lowest BCUT2D eigenvalue weighted by Gasteiger charge is -2.44. The van der Waals surface area contributed by atoms with Gasteiger partial charge in [0.1, 0.15) is 5.54 Å². The Balaban J connectivity index is 1.35. The molecule has 0 saturated carbocycles. The molecule has 6 nitrogen and oxygen atoms in total. The highest BCUT2D eigenvalue weighted by atomic mass is 19.3. The van der Waals surface area contributed by atoms with Gasteiger partial charge in [0, 0.05) is 55.7 Å². The van der Waals surface area contributed by atoms with Gasteiger partial charge >= 0.3 is 0 Å². The van der Waals surface area contributed by atoms with Gasteiger partial charge in [-0.05, 0) is 29.3 Å². The predicted octanol–water partition coefficient (Wildman–Crippen LogP) is 4.08. The molecule has 2 saturated heterocycles. The number of hydrogen-bond acceptors (Lipinski definition) is 4. The van der Waals surface area contributed by atoms with E-state index in [0.717, 1.165) is 27.6 Å². The van der Waals surface area contributed by atoms with E-state index in [1.165, 1.54) is 11.1 Å².